The van der Waals surface area contributed by atoms with Crippen LogP contribution in [0.25, 0.3) is 10.8 Å². The van der Waals surface area contributed by atoms with Gasteiger partial charge in [-0.25, -0.2) is 0 Å². The summed E-state index contributed by atoms with van der Waals surface area (Å²) in [5, 5.41) is 0.616. The third kappa shape index (κ3) is 3.48. The lowest BCUT2D eigenvalue weighted by Crippen LogP contribution is -2.63. The van der Waals surface area contributed by atoms with E-state index < -0.39 is 48.5 Å². The van der Waals surface area contributed by atoms with Crippen molar-refractivity contribution in [2.75, 3.05) is 27.9 Å². The lowest BCUT2D eigenvalue weighted by molar-refractivity contribution is -0.317. The Labute approximate surface area is 258 Å². The van der Waals surface area contributed by atoms with Gasteiger partial charge in [0.2, 0.25) is 17.7 Å². The van der Waals surface area contributed by atoms with Crippen LogP contribution in [-0.2, 0) is 34.9 Å². The SMILES string of the molecule is COc1c2c(c3c4c(c(C5OC6(C(OC)OC)OC5C(=O)C65CO5)c(C)cc14)O[Si](C(C)(C)C)(C(C)(C)C)O3)C(=O)CCC2. The molecule has 0 amide bonds. The summed E-state index contributed by atoms with van der Waals surface area (Å²) in [6.07, 6.45) is -0.943. The van der Waals surface area contributed by atoms with Gasteiger partial charge in [0, 0.05) is 47.2 Å². The average molecular weight is 627 g/mol. The quantitative estimate of drug-likeness (QED) is 0.236. The van der Waals surface area contributed by atoms with Crippen molar-refractivity contribution in [1.82, 2.24) is 0 Å². The van der Waals surface area contributed by atoms with E-state index >= 15 is 0 Å². The molecule has 0 radical (unpaired) electrons. The second-order valence-electron chi connectivity index (χ2n) is 14.7. The largest absolute Gasteiger partial charge is 0.510 e. The average Bonchev–Trinajstić information content (AvgIpc) is 3.61. The van der Waals surface area contributed by atoms with Gasteiger partial charge in [-0.2, -0.15) is 0 Å². The van der Waals surface area contributed by atoms with Gasteiger partial charge in [0.05, 0.1) is 24.7 Å². The first-order valence-corrected chi connectivity index (χ1v) is 17.2. The van der Waals surface area contributed by atoms with Crippen LogP contribution >= 0.6 is 0 Å². The maximum absolute atomic E-state index is 13.9. The monoisotopic (exact) mass is 626 g/mol. The number of rotatable bonds is 5. The molecule has 11 heteroatoms. The molecule has 44 heavy (non-hydrogen) atoms. The first kappa shape index (κ1) is 30.1. The van der Waals surface area contributed by atoms with Crippen molar-refractivity contribution >= 4 is 30.9 Å². The first-order valence-electron chi connectivity index (χ1n) is 15.3. The van der Waals surface area contributed by atoms with Crippen LogP contribution in [0.5, 0.6) is 17.2 Å². The highest BCUT2D eigenvalue weighted by Gasteiger charge is 2.84. The summed E-state index contributed by atoms with van der Waals surface area (Å²) in [6, 6.07) is 2.02. The third-order valence-electron chi connectivity index (χ3n) is 10.1. The molecule has 2 aromatic rings. The maximum atomic E-state index is 13.9. The number of epoxide rings is 1. The predicted molar refractivity (Wildman–Crippen MR) is 162 cm³/mol. The molecule has 3 saturated heterocycles. The van der Waals surface area contributed by atoms with Crippen LogP contribution in [0.2, 0.25) is 10.1 Å². The van der Waals surface area contributed by atoms with Crippen molar-refractivity contribution in [3.63, 3.8) is 0 Å². The standard InChI is InChI=1S/C33H42O10Si/c1-16-14-18-22-24(20(16)26-27-28(35)32(15-39-32)33(40-26,41-27)29(37-9)38-10)42-44(30(2,3)4,31(5,6)7)43-25(22)21-17(23(18)36-8)12-11-13-19(21)34/h14,26-27,29H,11-13,15H2,1-10H3. The van der Waals surface area contributed by atoms with Crippen LogP contribution < -0.4 is 13.6 Å². The molecule has 0 aromatic heterocycles. The van der Waals surface area contributed by atoms with E-state index in [1.807, 2.05) is 13.0 Å². The zero-order valence-corrected chi connectivity index (χ0v) is 28.2. The number of methoxy groups -OCH3 is 3. The van der Waals surface area contributed by atoms with Crippen LogP contribution in [0.1, 0.15) is 87.5 Å². The van der Waals surface area contributed by atoms with Gasteiger partial charge in [0.15, 0.2) is 11.9 Å². The number of carbonyl (C=O) groups excluding carboxylic acids is 2. The molecule has 4 unspecified atom stereocenters. The number of hydrogen-bond donors (Lipinski definition) is 0. The van der Waals surface area contributed by atoms with Crippen LogP contribution in [0, 0.1) is 6.92 Å². The molecule has 4 atom stereocenters. The van der Waals surface area contributed by atoms with Crippen molar-refractivity contribution in [2.45, 2.75) is 108 Å². The summed E-state index contributed by atoms with van der Waals surface area (Å²) in [7, 11) is 1.30. The van der Waals surface area contributed by atoms with E-state index in [0.717, 1.165) is 22.9 Å². The minimum absolute atomic E-state index is 0.0339. The fraction of sp³-hybridized carbons (Fsp3) is 0.636. The Morgan fingerprint density at radius 3 is 2.11 bits per heavy atom. The van der Waals surface area contributed by atoms with Crippen molar-refractivity contribution in [1.29, 1.82) is 0 Å². The van der Waals surface area contributed by atoms with E-state index in [1.165, 1.54) is 14.2 Å². The van der Waals surface area contributed by atoms with Crippen molar-refractivity contribution in [2.24, 2.45) is 0 Å². The maximum Gasteiger partial charge on any atom is 0.471 e. The molecule has 4 heterocycles. The number of ketones is 2. The molecule has 10 nitrogen and oxygen atoms in total. The van der Waals surface area contributed by atoms with E-state index in [1.54, 1.807) is 7.11 Å². The van der Waals surface area contributed by atoms with Crippen LogP contribution in [0.3, 0.4) is 0 Å². The van der Waals surface area contributed by atoms with Gasteiger partial charge in [0.25, 0.3) is 5.79 Å². The second kappa shape index (κ2) is 9.26. The molecule has 2 bridgehead atoms. The van der Waals surface area contributed by atoms with Gasteiger partial charge in [-0.1, -0.05) is 41.5 Å². The van der Waals surface area contributed by atoms with E-state index in [-0.39, 0.29) is 18.2 Å². The number of benzene rings is 2. The lowest BCUT2D eigenvalue weighted by Gasteiger charge is -2.51. The number of carbonyl (C=O) groups is 2. The lowest BCUT2D eigenvalue weighted by atomic mass is 9.82. The Balaban J connectivity index is 1.55. The number of fused-ring (bicyclic) bond motifs is 5. The van der Waals surface area contributed by atoms with Gasteiger partial charge < -0.3 is 37.3 Å². The van der Waals surface area contributed by atoms with Crippen LogP contribution in [0.4, 0.5) is 0 Å². The number of Topliss-reactive ketones (excluding diaryl/α,β-unsaturated/α-hetero) is 2. The number of ether oxygens (including phenoxy) is 6. The highest BCUT2D eigenvalue weighted by molar-refractivity contribution is 6.75. The molecule has 238 valence electrons. The smallest absolute Gasteiger partial charge is 0.471 e. The molecule has 2 aromatic carbocycles. The Hall–Kier alpha value is -2.54. The number of aryl methyl sites for hydroxylation is 1. The molecule has 0 saturated carbocycles. The van der Waals surface area contributed by atoms with Crippen molar-refractivity contribution in [3.8, 4) is 17.2 Å². The zero-order chi connectivity index (χ0) is 31.8. The van der Waals surface area contributed by atoms with E-state index in [9.17, 15) is 9.59 Å². The van der Waals surface area contributed by atoms with E-state index in [2.05, 4.69) is 41.5 Å². The fourth-order valence-electron chi connectivity index (χ4n) is 8.32. The summed E-state index contributed by atoms with van der Waals surface area (Å²) in [6.45, 7) is 14.9. The summed E-state index contributed by atoms with van der Waals surface area (Å²) in [5.74, 6) is -0.00194. The summed E-state index contributed by atoms with van der Waals surface area (Å²) >= 11 is 0. The summed E-state index contributed by atoms with van der Waals surface area (Å²) in [5.41, 5.74) is 1.69. The van der Waals surface area contributed by atoms with Crippen LogP contribution in [0.15, 0.2) is 6.07 Å². The minimum Gasteiger partial charge on any atom is -0.510 e. The van der Waals surface area contributed by atoms with Gasteiger partial charge in [-0.05, 0) is 31.4 Å². The molecule has 1 spiro atoms. The van der Waals surface area contributed by atoms with E-state index in [0.29, 0.717) is 46.6 Å². The Morgan fingerprint density at radius 2 is 1.55 bits per heavy atom. The predicted octanol–water partition coefficient (Wildman–Crippen LogP) is 5.61. The van der Waals surface area contributed by atoms with Gasteiger partial charge >= 0.3 is 8.56 Å². The Bertz CT molecular complexity index is 1600. The van der Waals surface area contributed by atoms with Gasteiger partial charge in [0.1, 0.15) is 23.4 Å². The molecule has 1 aliphatic carbocycles. The summed E-state index contributed by atoms with van der Waals surface area (Å²) < 4.78 is 50.7. The molecular weight excluding hydrogens is 584 g/mol. The molecule has 0 N–H and O–H groups in total. The minimum atomic E-state index is -3.29. The highest BCUT2D eigenvalue weighted by atomic mass is 28.4. The molecule has 4 aliphatic heterocycles. The highest BCUT2D eigenvalue weighted by Crippen LogP contribution is 2.65. The first-order chi connectivity index (χ1) is 20.6. The Kier molecular flexibility index (Phi) is 6.34. The second-order valence-corrected chi connectivity index (χ2v) is 19.3. The van der Waals surface area contributed by atoms with Crippen molar-refractivity contribution < 1.29 is 46.9 Å². The van der Waals surface area contributed by atoms with Crippen LogP contribution in [-0.4, -0.2) is 71.8 Å². The molecule has 5 aliphatic rings. The molecule has 3 fully saturated rings. The summed E-state index contributed by atoms with van der Waals surface area (Å²) in [4.78, 5) is 27.7. The molecular formula is C33H42O10Si. The van der Waals surface area contributed by atoms with E-state index in [4.69, 9.17) is 37.3 Å². The Morgan fingerprint density at radius 1 is 0.932 bits per heavy atom. The fourth-order valence-corrected chi connectivity index (χ4v) is 12.8. The van der Waals surface area contributed by atoms with Gasteiger partial charge in [-0.15, -0.1) is 0 Å². The van der Waals surface area contributed by atoms with Crippen molar-refractivity contribution in [3.05, 3.63) is 28.3 Å². The zero-order valence-electron chi connectivity index (χ0n) is 27.2. The topological polar surface area (TPSA) is 111 Å². The normalized spacial score (nSPS) is 30.2. The van der Waals surface area contributed by atoms with Gasteiger partial charge in [-0.3, -0.25) is 9.59 Å². The third-order valence-corrected chi connectivity index (χ3v) is 15.1. The number of hydrogen-bond acceptors (Lipinski definition) is 10. The molecule has 7 rings (SSSR count).